The zero-order valence-electron chi connectivity index (χ0n) is 18.2. The molecule has 0 amide bonds. The standard InChI is InChI=1S/C19H26F3N9O/c1-5-24-15-14(18(20,21)22)16(32-4)28-19(23,27-15)13-10-12(29-30(13)11-6-7-11)17(2,3)31-25-8-9-26-31/h8-11,24,27H,5-7,23H2,1-4H3. The molecule has 2 aliphatic rings. The van der Waals surface area contributed by atoms with Gasteiger partial charge in [-0.2, -0.15) is 33.3 Å². The number of ether oxygens (including phenoxy) is 1. The molecule has 4 N–H and O–H groups in total. The van der Waals surface area contributed by atoms with Crippen molar-refractivity contribution in [2.24, 2.45) is 10.7 Å². The van der Waals surface area contributed by atoms with Gasteiger partial charge in [-0.25, -0.2) is 4.99 Å². The lowest BCUT2D eigenvalue weighted by atomic mass is 10.0. The number of nitrogens with zero attached hydrogens (tertiary/aromatic N) is 6. The second-order valence-electron chi connectivity index (χ2n) is 8.26. The Morgan fingerprint density at radius 1 is 1.28 bits per heavy atom. The van der Waals surface area contributed by atoms with E-state index in [2.05, 4.69) is 25.8 Å². The number of halogens is 3. The summed E-state index contributed by atoms with van der Waals surface area (Å²) in [7, 11) is 1.13. The number of hydrogen-bond acceptors (Lipinski definition) is 8. The van der Waals surface area contributed by atoms with E-state index in [-0.39, 0.29) is 18.4 Å². The number of aromatic nitrogens is 5. The van der Waals surface area contributed by atoms with Gasteiger partial charge in [0.15, 0.2) is 5.57 Å². The fraction of sp³-hybridized carbons (Fsp3) is 0.579. The molecular weight excluding hydrogens is 427 g/mol. The molecule has 1 unspecified atom stereocenters. The average Bonchev–Trinajstić information content (AvgIpc) is 3.21. The molecule has 1 saturated carbocycles. The van der Waals surface area contributed by atoms with Crippen LogP contribution in [0.25, 0.3) is 0 Å². The van der Waals surface area contributed by atoms with Crippen LogP contribution >= 0.6 is 0 Å². The molecule has 1 fully saturated rings. The molecule has 32 heavy (non-hydrogen) atoms. The van der Waals surface area contributed by atoms with Gasteiger partial charge in [0.2, 0.25) is 11.7 Å². The SMILES string of the molecule is CCNC1=C(C(F)(F)F)C(OC)=NC(N)(c2cc(C(C)(C)n3nccn3)nn2C2CC2)N1. The van der Waals surface area contributed by atoms with Crippen molar-refractivity contribution in [1.29, 1.82) is 0 Å². The van der Waals surface area contributed by atoms with E-state index in [1.165, 1.54) is 4.80 Å². The van der Waals surface area contributed by atoms with Crippen molar-refractivity contribution in [2.45, 2.75) is 57.2 Å². The van der Waals surface area contributed by atoms with E-state index < -0.39 is 29.0 Å². The molecule has 174 valence electrons. The third-order valence-corrected chi connectivity index (χ3v) is 5.45. The van der Waals surface area contributed by atoms with Crippen LogP contribution in [0.3, 0.4) is 0 Å². The summed E-state index contributed by atoms with van der Waals surface area (Å²) in [5.74, 6) is -2.64. The summed E-state index contributed by atoms with van der Waals surface area (Å²) < 4.78 is 48.1. The molecular formula is C19H26F3N9O. The maximum Gasteiger partial charge on any atom is 0.425 e. The van der Waals surface area contributed by atoms with Gasteiger partial charge >= 0.3 is 6.18 Å². The van der Waals surface area contributed by atoms with Crippen molar-refractivity contribution in [3.8, 4) is 0 Å². The molecule has 1 aliphatic carbocycles. The topological polar surface area (TPSA) is 120 Å². The van der Waals surface area contributed by atoms with Crippen molar-refractivity contribution in [3.63, 3.8) is 0 Å². The summed E-state index contributed by atoms with van der Waals surface area (Å²) in [6.07, 6.45) is 0.199. The summed E-state index contributed by atoms with van der Waals surface area (Å²) in [6.45, 7) is 5.71. The van der Waals surface area contributed by atoms with Crippen LogP contribution in [0, 0.1) is 0 Å². The molecule has 10 nitrogen and oxygen atoms in total. The molecule has 2 aromatic heterocycles. The smallest absolute Gasteiger partial charge is 0.425 e. The summed E-state index contributed by atoms with van der Waals surface area (Å²) in [4.78, 5) is 5.67. The monoisotopic (exact) mass is 453 g/mol. The summed E-state index contributed by atoms with van der Waals surface area (Å²) in [5, 5.41) is 18.6. The zero-order valence-corrected chi connectivity index (χ0v) is 18.2. The highest BCUT2D eigenvalue weighted by Crippen LogP contribution is 2.41. The first-order chi connectivity index (χ1) is 15.0. The Hall–Kier alpha value is -3.09. The van der Waals surface area contributed by atoms with E-state index in [4.69, 9.17) is 15.6 Å². The summed E-state index contributed by atoms with van der Waals surface area (Å²) in [6, 6.07) is 1.81. The lowest BCUT2D eigenvalue weighted by Crippen LogP contribution is -2.56. The second-order valence-corrected chi connectivity index (χ2v) is 8.26. The number of nitrogens with two attached hydrogens (primary N) is 1. The number of aliphatic imine (C=N–C) groups is 1. The highest BCUT2D eigenvalue weighted by molar-refractivity contribution is 5.96. The van der Waals surface area contributed by atoms with Gasteiger partial charge in [0, 0.05) is 6.54 Å². The highest BCUT2D eigenvalue weighted by atomic mass is 19.4. The third kappa shape index (κ3) is 3.70. The Kier molecular flexibility index (Phi) is 5.18. The fourth-order valence-corrected chi connectivity index (χ4v) is 3.63. The van der Waals surface area contributed by atoms with Crippen LogP contribution in [0.1, 0.15) is 51.0 Å². The zero-order chi connectivity index (χ0) is 23.3. The van der Waals surface area contributed by atoms with Crippen LogP contribution in [0.2, 0.25) is 0 Å². The lowest BCUT2D eigenvalue weighted by Gasteiger charge is -2.35. The molecule has 0 spiro atoms. The quantitative estimate of drug-likeness (QED) is 0.609. The fourth-order valence-electron chi connectivity index (χ4n) is 3.63. The Labute approximate surface area is 182 Å². The van der Waals surface area contributed by atoms with Crippen molar-refractivity contribution in [2.75, 3.05) is 13.7 Å². The summed E-state index contributed by atoms with van der Waals surface area (Å²) >= 11 is 0. The first kappa shape index (κ1) is 22.1. The second kappa shape index (κ2) is 7.50. The van der Waals surface area contributed by atoms with Crippen LogP contribution in [-0.2, 0) is 16.1 Å². The van der Waals surface area contributed by atoms with Crippen molar-refractivity contribution >= 4 is 5.90 Å². The molecule has 0 aromatic carbocycles. The minimum atomic E-state index is -4.70. The number of hydrogen-bond donors (Lipinski definition) is 3. The van der Waals surface area contributed by atoms with Crippen LogP contribution in [0.15, 0.2) is 34.8 Å². The largest absolute Gasteiger partial charge is 0.481 e. The Bertz CT molecular complexity index is 1050. The van der Waals surface area contributed by atoms with Gasteiger partial charge in [0.05, 0.1) is 31.2 Å². The van der Waals surface area contributed by atoms with E-state index in [0.717, 1.165) is 20.0 Å². The molecule has 0 radical (unpaired) electrons. The van der Waals surface area contributed by atoms with E-state index >= 15 is 0 Å². The van der Waals surface area contributed by atoms with Crippen molar-refractivity contribution in [3.05, 3.63) is 41.2 Å². The number of alkyl halides is 3. The van der Waals surface area contributed by atoms with E-state index in [1.54, 1.807) is 30.1 Å². The molecule has 2 aromatic rings. The minimum Gasteiger partial charge on any atom is -0.481 e. The highest BCUT2D eigenvalue weighted by Gasteiger charge is 2.49. The molecule has 1 aliphatic heterocycles. The van der Waals surface area contributed by atoms with Crippen LogP contribution in [-0.4, -0.2) is 50.5 Å². The maximum atomic E-state index is 13.8. The number of nitrogens with one attached hydrogen (secondary N) is 2. The van der Waals surface area contributed by atoms with Gasteiger partial charge < -0.3 is 15.4 Å². The summed E-state index contributed by atoms with van der Waals surface area (Å²) in [5.41, 5.74) is 5.85. The predicted molar refractivity (Wildman–Crippen MR) is 109 cm³/mol. The van der Waals surface area contributed by atoms with Crippen LogP contribution < -0.4 is 16.4 Å². The van der Waals surface area contributed by atoms with Gasteiger partial charge in [-0.1, -0.05) is 0 Å². The van der Waals surface area contributed by atoms with Gasteiger partial charge in [-0.3, -0.25) is 10.4 Å². The number of methoxy groups -OCH3 is 1. The molecule has 0 saturated heterocycles. The van der Waals surface area contributed by atoms with Crippen molar-refractivity contribution in [1.82, 2.24) is 35.4 Å². The van der Waals surface area contributed by atoms with E-state index in [9.17, 15) is 13.2 Å². The third-order valence-electron chi connectivity index (χ3n) is 5.45. The first-order valence-electron chi connectivity index (χ1n) is 10.2. The molecule has 4 rings (SSSR count). The minimum absolute atomic E-state index is 0.0825. The van der Waals surface area contributed by atoms with Crippen LogP contribution in [0.4, 0.5) is 13.2 Å². The maximum absolute atomic E-state index is 13.8. The van der Waals surface area contributed by atoms with Crippen LogP contribution in [0.5, 0.6) is 0 Å². The van der Waals surface area contributed by atoms with E-state index in [0.29, 0.717) is 11.4 Å². The predicted octanol–water partition coefficient (Wildman–Crippen LogP) is 1.69. The molecule has 13 heteroatoms. The lowest BCUT2D eigenvalue weighted by molar-refractivity contribution is -0.0899. The average molecular weight is 453 g/mol. The van der Waals surface area contributed by atoms with Gasteiger partial charge in [-0.15, -0.1) is 0 Å². The molecule has 1 atom stereocenters. The van der Waals surface area contributed by atoms with E-state index in [1.807, 2.05) is 13.8 Å². The van der Waals surface area contributed by atoms with Gasteiger partial charge in [-0.05, 0) is 39.7 Å². The van der Waals surface area contributed by atoms with Gasteiger partial charge in [0.1, 0.15) is 17.1 Å². The first-order valence-corrected chi connectivity index (χ1v) is 10.2. The van der Waals surface area contributed by atoms with Gasteiger partial charge in [0.25, 0.3) is 0 Å². The van der Waals surface area contributed by atoms with Crippen molar-refractivity contribution < 1.29 is 17.9 Å². The Morgan fingerprint density at radius 2 is 1.94 bits per heavy atom. The molecule has 0 bridgehead atoms. The Morgan fingerprint density at radius 3 is 2.47 bits per heavy atom. The molecule has 3 heterocycles. The number of rotatable bonds is 6. The Balaban J connectivity index is 1.83. The normalized spacial score (nSPS) is 21.9.